The molecule has 4 saturated carbocycles. The smallest absolute Gasteiger partial charge is 0.309 e. The van der Waals surface area contributed by atoms with Crippen molar-refractivity contribution in [1.82, 2.24) is 0 Å². The zero-order valence-corrected chi connectivity index (χ0v) is 22.3. The molecule has 0 heterocycles. The highest BCUT2D eigenvalue weighted by Gasteiger charge is 2.67. The van der Waals surface area contributed by atoms with E-state index in [0.29, 0.717) is 12.3 Å². The van der Waals surface area contributed by atoms with Crippen molar-refractivity contribution in [1.29, 1.82) is 0 Å². The molecular formula is C30H44O4. The average molecular weight is 469 g/mol. The summed E-state index contributed by atoms with van der Waals surface area (Å²) in [6.07, 6.45) is 11.0. The number of fused-ring (bicyclic) bond motifs is 7. The van der Waals surface area contributed by atoms with Gasteiger partial charge in [0.1, 0.15) is 5.78 Å². The first-order valence-electron chi connectivity index (χ1n) is 13.4. The Bertz CT molecular complexity index is 1020. The van der Waals surface area contributed by atoms with Crippen LogP contribution < -0.4 is 0 Å². The monoisotopic (exact) mass is 468 g/mol. The number of carboxylic acids is 1. The highest BCUT2D eigenvalue weighted by atomic mass is 16.4. The lowest BCUT2D eigenvalue weighted by atomic mass is 9.36. The molecule has 0 aromatic carbocycles. The molecule has 4 heteroatoms. The van der Waals surface area contributed by atoms with E-state index >= 15 is 0 Å². The summed E-state index contributed by atoms with van der Waals surface area (Å²) in [6.45, 7) is 15.7. The number of rotatable bonds is 1. The number of carbonyl (C=O) groups is 2. The zero-order chi connectivity index (χ0) is 25.1. The zero-order valence-electron chi connectivity index (χ0n) is 22.3. The summed E-state index contributed by atoms with van der Waals surface area (Å²) < 4.78 is 0. The van der Waals surface area contributed by atoms with Crippen molar-refractivity contribution >= 4 is 11.8 Å². The fourth-order valence-electron chi connectivity index (χ4n) is 9.73. The molecule has 0 bridgehead atoms. The van der Waals surface area contributed by atoms with Crippen LogP contribution in [0.1, 0.15) is 99.8 Å². The maximum atomic E-state index is 13.4. The van der Waals surface area contributed by atoms with E-state index in [0.717, 1.165) is 38.5 Å². The van der Waals surface area contributed by atoms with Crippen LogP contribution in [0.3, 0.4) is 0 Å². The molecule has 0 radical (unpaired) electrons. The van der Waals surface area contributed by atoms with Gasteiger partial charge in [-0.05, 0) is 85.4 Å². The fraction of sp³-hybridized carbons (Fsp3) is 0.800. The van der Waals surface area contributed by atoms with E-state index in [1.807, 2.05) is 0 Å². The molecular weight excluding hydrogens is 424 g/mol. The lowest BCUT2D eigenvalue weighted by molar-refractivity contribution is -0.162. The summed E-state index contributed by atoms with van der Waals surface area (Å²) in [6, 6.07) is 0. The Balaban J connectivity index is 1.64. The first-order valence-corrected chi connectivity index (χ1v) is 13.4. The third kappa shape index (κ3) is 2.70. The molecule has 188 valence electrons. The van der Waals surface area contributed by atoms with Crippen molar-refractivity contribution in [2.24, 2.45) is 44.3 Å². The van der Waals surface area contributed by atoms with Crippen molar-refractivity contribution in [3.8, 4) is 0 Å². The summed E-state index contributed by atoms with van der Waals surface area (Å²) in [5, 5.41) is 20.9. The van der Waals surface area contributed by atoms with Gasteiger partial charge >= 0.3 is 5.97 Å². The van der Waals surface area contributed by atoms with E-state index in [2.05, 4.69) is 53.7 Å². The SMILES string of the molecule is CC1(C(=O)O)CC(=O)C2(C)CCC3(C)C(=CC=C4C5(C)CCC(O)C(C)(C)C5CCC43C)C2C1. The quantitative estimate of drug-likeness (QED) is 0.471. The summed E-state index contributed by atoms with van der Waals surface area (Å²) in [5.74, 6) is -0.277. The third-order valence-electron chi connectivity index (χ3n) is 12.5. The number of aliphatic carboxylic acids is 1. The molecule has 0 amide bonds. The molecule has 8 unspecified atom stereocenters. The molecule has 2 N–H and O–H groups in total. The summed E-state index contributed by atoms with van der Waals surface area (Å²) in [5.41, 5.74) is 1.27. The second-order valence-corrected chi connectivity index (χ2v) is 14.4. The first kappa shape index (κ1) is 24.3. The van der Waals surface area contributed by atoms with Gasteiger partial charge in [0.2, 0.25) is 0 Å². The van der Waals surface area contributed by atoms with E-state index in [1.54, 1.807) is 6.92 Å². The van der Waals surface area contributed by atoms with Gasteiger partial charge in [-0.25, -0.2) is 0 Å². The molecule has 5 rings (SSSR count). The molecule has 0 aromatic rings. The summed E-state index contributed by atoms with van der Waals surface area (Å²) in [7, 11) is 0. The van der Waals surface area contributed by atoms with Crippen LogP contribution in [0.5, 0.6) is 0 Å². The number of aliphatic hydroxyl groups is 1. The number of carboxylic acid groups (broad SMARTS) is 1. The fourth-order valence-corrected chi connectivity index (χ4v) is 9.73. The van der Waals surface area contributed by atoms with Gasteiger partial charge < -0.3 is 10.2 Å². The van der Waals surface area contributed by atoms with Gasteiger partial charge in [-0.1, -0.05) is 64.8 Å². The molecule has 4 fully saturated rings. The Morgan fingerprint density at radius 1 is 0.882 bits per heavy atom. The molecule has 0 saturated heterocycles. The maximum Gasteiger partial charge on any atom is 0.309 e. The Hall–Kier alpha value is -1.42. The van der Waals surface area contributed by atoms with E-state index in [9.17, 15) is 19.8 Å². The maximum absolute atomic E-state index is 13.4. The van der Waals surface area contributed by atoms with Crippen LogP contribution in [-0.4, -0.2) is 28.1 Å². The minimum absolute atomic E-state index is 0.0118. The van der Waals surface area contributed by atoms with Gasteiger partial charge in [0.15, 0.2) is 0 Å². The van der Waals surface area contributed by atoms with Crippen LogP contribution in [-0.2, 0) is 9.59 Å². The van der Waals surface area contributed by atoms with E-state index < -0.39 is 16.8 Å². The highest BCUT2D eigenvalue weighted by Crippen LogP contribution is 2.74. The number of Topliss-reactive ketones (excluding diaryl/α,β-unsaturated/α-hetero) is 1. The van der Waals surface area contributed by atoms with E-state index in [4.69, 9.17) is 0 Å². The lowest BCUT2D eigenvalue weighted by Gasteiger charge is -2.68. The number of allylic oxidation sites excluding steroid dienone is 4. The minimum Gasteiger partial charge on any atom is -0.481 e. The largest absolute Gasteiger partial charge is 0.481 e. The van der Waals surface area contributed by atoms with Crippen molar-refractivity contribution in [3.63, 3.8) is 0 Å². The van der Waals surface area contributed by atoms with Crippen LogP contribution in [0.15, 0.2) is 23.3 Å². The van der Waals surface area contributed by atoms with Crippen molar-refractivity contribution in [3.05, 3.63) is 23.3 Å². The standard InChI is InChI=1S/C30H44O4/c1-25(2)20-10-13-30(7)21(28(20,5)12-11-22(25)31)9-8-18-19-16-26(3,24(33)34)17-23(32)27(19,4)14-15-29(18,30)6/h8-9,19-20,22,31H,10-17H2,1-7H3,(H,33,34). The molecule has 8 atom stereocenters. The van der Waals surface area contributed by atoms with Gasteiger partial charge in [0, 0.05) is 11.8 Å². The summed E-state index contributed by atoms with van der Waals surface area (Å²) >= 11 is 0. The van der Waals surface area contributed by atoms with Crippen molar-refractivity contribution < 1.29 is 19.8 Å². The van der Waals surface area contributed by atoms with Gasteiger partial charge in [-0.15, -0.1) is 0 Å². The predicted molar refractivity (Wildman–Crippen MR) is 133 cm³/mol. The number of aliphatic hydroxyl groups excluding tert-OH is 1. The Morgan fingerprint density at radius 3 is 2.21 bits per heavy atom. The van der Waals surface area contributed by atoms with Gasteiger partial charge in [0.25, 0.3) is 0 Å². The number of hydrogen-bond acceptors (Lipinski definition) is 3. The summed E-state index contributed by atoms with van der Waals surface area (Å²) in [4.78, 5) is 25.6. The van der Waals surface area contributed by atoms with Crippen LogP contribution in [0.2, 0.25) is 0 Å². The Kier molecular flexibility index (Phi) is 4.90. The number of hydrogen-bond donors (Lipinski definition) is 2. The van der Waals surface area contributed by atoms with Crippen LogP contribution in [0.4, 0.5) is 0 Å². The van der Waals surface area contributed by atoms with Crippen LogP contribution in [0, 0.1) is 44.3 Å². The normalized spacial score (nSPS) is 51.8. The van der Waals surface area contributed by atoms with Crippen LogP contribution in [0.25, 0.3) is 0 Å². The second-order valence-electron chi connectivity index (χ2n) is 14.4. The Morgan fingerprint density at radius 2 is 1.56 bits per heavy atom. The topological polar surface area (TPSA) is 74.6 Å². The number of ketones is 1. The average Bonchev–Trinajstić information content (AvgIpc) is 2.73. The minimum atomic E-state index is -0.988. The van der Waals surface area contributed by atoms with Crippen LogP contribution >= 0.6 is 0 Å². The lowest BCUT2D eigenvalue weighted by Crippen LogP contribution is -2.62. The van der Waals surface area contributed by atoms with Gasteiger partial charge in [0.05, 0.1) is 11.5 Å². The Labute approximate surface area is 205 Å². The molecule has 0 aliphatic heterocycles. The molecule has 34 heavy (non-hydrogen) atoms. The van der Waals surface area contributed by atoms with E-state index in [-0.39, 0.29) is 45.9 Å². The second kappa shape index (κ2) is 6.87. The van der Waals surface area contributed by atoms with Gasteiger partial charge in [-0.3, -0.25) is 9.59 Å². The van der Waals surface area contributed by atoms with Crippen molar-refractivity contribution in [2.75, 3.05) is 0 Å². The first-order chi connectivity index (χ1) is 15.6. The number of carbonyl (C=O) groups excluding carboxylic acids is 1. The van der Waals surface area contributed by atoms with Gasteiger partial charge in [-0.2, -0.15) is 0 Å². The molecule has 5 aliphatic rings. The molecule has 4 nitrogen and oxygen atoms in total. The molecule has 0 aromatic heterocycles. The van der Waals surface area contributed by atoms with E-state index in [1.165, 1.54) is 11.1 Å². The molecule has 5 aliphatic carbocycles. The van der Waals surface area contributed by atoms with Crippen molar-refractivity contribution in [2.45, 2.75) is 106 Å². The third-order valence-corrected chi connectivity index (χ3v) is 12.5. The predicted octanol–water partition coefficient (Wildman–Crippen LogP) is 6.33. The molecule has 0 spiro atoms. The highest BCUT2D eigenvalue weighted by molar-refractivity contribution is 5.92.